The fourth-order valence-corrected chi connectivity index (χ4v) is 1.41. The predicted octanol–water partition coefficient (Wildman–Crippen LogP) is 1.06. The van der Waals surface area contributed by atoms with Gasteiger partial charge in [0.2, 0.25) is 5.13 Å². The molecule has 0 fully saturated rings. The first-order valence-corrected chi connectivity index (χ1v) is 5.03. The predicted molar refractivity (Wildman–Crippen MR) is 56.8 cm³/mol. The lowest BCUT2D eigenvalue weighted by molar-refractivity contribution is 0.102. The van der Waals surface area contributed by atoms with Gasteiger partial charge in [0.15, 0.2) is 0 Å². The van der Waals surface area contributed by atoms with Crippen LogP contribution < -0.4 is 5.32 Å². The van der Waals surface area contributed by atoms with Gasteiger partial charge in [-0.1, -0.05) is 9.59 Å². The molecule has 0 spiro atoms. The highest BCUT2D eigenvalue weighted by Crippen LogP contribution is 2.09. The zero-order valence-corrected chi connectivity index (χ0v) is 8.73. The maximum absolute atomic E-state index is 11.6. The summed E-state index contributed by atoms with van der Waals surface area (Å²) >= 11 is 0.997. The number of nitrogens with one attached hydrogen (secondary N) is 1. The van der Waals surface area contributed by atoms with Crippen molar-refractivity contribution >= 4 is 22.6 Å². The molecule has 2 rings (SSSR count). The third-order valence-corrected chi connectivity index (χ3v) is 2.31. The van der Waals surface area contributed by atoms with E-state index in [1.165, 1.54) is 0 Å². The minimum atomic E-state index is -0.303. The zero-order valence-electron chi connectivity index (χ0n) is 7.91. The summed E-state index contributed by atoms with van der Waals surface area (Å²) < 4.78 is 3.52. The standard InChI is InChI=1S/C9H5N5OS/c10-5-6-1-3-7(4-2-6)8(15)11-9-12-13-14-16-9/h1-4H,(H,11,12,14,15). The number of amides is 1. The summed E-state index contributed by atoms with van der Waals surface area (Å²) in [5.74, 6) is -0.303. The largest absolute Gasteiger partial charge is 0.295 e. The van der Waals surface area contributed by atoms with E-state index in [4.69, 9.17) is 5.26 Å². The highest BCUT2D eigenvalue weighted by molar-refractivity contribution is 7.09. The van der Waals surface area contributed by atoms with E-state index < -0.39 is 0 Å². The number of nitriles is 1. The molecule has 0 atom stereocenters. The molecule has 7 heteroatoms. The molecule has 1 N–H and O–H groups in total. The van der Waals surface area contributed by atoms with Gasteiger partial charge in [-0.25, -0.2) is 0 Å². The van der Waals surface area contributed by atoms with E-state index in [0.717, 1.165) is 11.5 Å². The van der Waals surface area contributed by atoms with E-state index in [-0.39, 0.29) is 5.91 Å². The van der Waals surface area contributed by atoms with Crippen molar-refractivity contribution in [1.82, 2.24) is 14.8 Å². The van der Waals surface area contributed by atoms with Crippen LogP contribution in [0, 0.1) is 11.3 Å². The highest BCUT2D eigenvalue weighted by Gasteiger charge is 2.07. The van der Waals surface area contributed by atoms with Crippen LogP contribution in [0.15, 0.2) is 24.3 Å². The Morgan fingerprint density at radius 1 is 1.38 bits per heavy atom. The molecule has 0 saturated carbocycles. The van der Waals surface area contributed by atoms with Gasteiger partial charge >= 0.3 is 0 Å². The van der Waals surface area contributed by atoms with Gasteiger partial charge in [0.25, 0.3) is 5.91 Å². The number of hydrogen-bond acceptors (Lipinski definition) is 6. The van der Waals surface area contributed by atoms with Gasteiger partial charge < -0.3 is 0 Å². The second kappa shape index (κ2) is 4.46. The molecule has 0 aliphatic heterocycles. The molecule has 1 amide bonds. The first-order chi connectivity index (χ1) is 7.79. The Labute approximate surface area is 94.7 Å². The summed E-state index contributed by atoms with van der Waals surface area (Å²) in [7, 11) is 0. The number of carbonyl (C=O) groups excluding carboxylic acids is 1. The molecule has 1 aromatic carbocycles. The second-order valence-electron chi connectivity index (χ2n) is 2.81. The van der Waals surface area contributed by atoms with Crippen molar-refractivity contribution < 1.29 is 4.79 Å². The van der Waals surface area contributed by atoms with Crippen molar-refractivity contribution in [3.63, 3.8) is 0 Å². The Morgan fingerprint density at radius 2 is 2.12 bits per heavy atom. The lowest BCUT2D eigenvalue weighted by Crippen LogP contribution is -2.11. The minimum absolute atomic E-state index is 0.303. The summed E-state index contributed by atoms with van der Waals surface area (Å²) in [6, 6.07) is 8.27. The number of benzene rings is 1. The molecule has 1 aromatic heterocycles. The summed E-state index contributed by atoms with van der Waals surface area (Å²) in [4.78, 5) is 11.6. The smallest absolute Gasteiger partial charge is 0.257 e. The van der Waals surface area contributed by atoms with Crippen LogP contribution in [0.1, 0.15) is 15.9 Å². The van der Waals surface area contributed by atoms with E-state index in [2.05, 4.69) is 20.1 Å². The summed E-state index contributed by atoms with van der Waals surface area (Å²) in [6.07, 6.45) is 0. The molecule has 16 heavy (non-hydrogen) atoms. The monoisotopic (exact) mass is 231 g/mol. The third-order valence-electron chi connectivity index (χ3n) is 1.80. The average molecular weight is 231 g/mol. The lowest BCUT2D eigenvalue weighted by Gasteiger charge is -1.99. The number of aromatic nitrogens is 3. The SMILES string of the molecule is N#Cc1ccc(C(=O)Nc2nnns2)cc1. The fourth-order valence-electron chi connectivity index (χ4n) is 1.05. The Hall–Kier alpha value is -2.33. The van der Waals surface area contributed by atoms with Crippen LogP contribution in [0.25, 0.3) is 0 Å². The van der Waals surface area contributed by atoms with Gasteiger partial charge in [0.05, 0.1) is 11.6 Å². The van der Waals surface area contributed by atoms with Crippen molar-refractivity contribution in [2.75, 3.05) is 5.32 Å². The van der Waals surface area contributed by atoms with Crippen LogP contribution in [0.5, 0.6) is 0 Å². The number of hydrogen-bond donors (Lipinski definition) is 1. The lowest BCUT2D eigenvalue weighted by atomic mass is 10.1. The van der Waals surface area contributed by atoms with E-state index in [9.17, 15) is 4.79 Å². The van der Waals surface area contributed by atoms with E-state index in [1.54, 1.807) is 24.3 Å². The van der Waals surface area contributed by atoms with Gasteiger partial charge in [-0.15, -0.1) is 0 Å². The van der Waals surface area contributed by atoms with Crippen molar-refractivity contribution in [1.29, 1.82) is 5.26 Å². The average Bonchev–Trinajstić information content (AvgIpc) is 2.82. The first-order valence-electron chi connectivity index (χ1n) is 4.26. The molecule has 6 nitrogen and oxygen atoms in total. The Kier molecular flexibility index (Phi) is 2.84. The summed E-state index contributed by atoms with van der Waals surface area (Å²) in [6.45, 7) is 0. The molecule has 0 radical (unpaired) electrons. The Morgan fingerprint density at radius 3 is 2.69 bits per heavy atom. The van der Waals surface area contributed by atoms with Crippen molar-refractivity contribution in [3.8, 4) is 6.07 Å². The van der Waals surface area contributed by atoms with Crippen LogP contribution >= 0.6 is 11.5 Å². The molecular weight excluding hydrogens is 226 g/mol. The first kappa shape index (κ1) is 10.2. The van der Waals surface area contributed by atoms with E-state index >= 15 is 0 Å². The quantitative estimate of drug-likeness (QED) is 0.834. The molecule has 0 bridgehead atoms. The zero-order chi connectivity index (χ0) is 11.4. The number of nitrogens with zero attached hydrogens (tertiary/aromatic N) is 4. The van der Waals surface area contributed by atoms with Crippen LogP contribution in [-0.2, 0) is 0 Å². The normalized spacial score (nSPS) is 9.44. The van der Waals surface area contributed by atoms with Crippen LogP contribution in [0.3, 0.4) is 0 Å². The Balaban J connectivity index is 2.12. The Bertz CT molecular complexity index is 528. The molecule has 78 valence electrons. The number of carbonyl (C=O) groups is 1. The maximum atomic E-state index is 11.6. The van der Waals surface area contributed by atoms with Gasteiger partial charge in [-0.3, -0.25) is 10.1 Å². The van der Waals surface area contributed by atoms with Gasteiger partial charge in [-0.2, -0.15) is 5.26 Å². The van der Waals surface area contributed by atoms with Gasteiger partial charge in [-0.05, 0) is 29.5 Å². The molecule has 0 unspecified atom stereocenters. The van der Waals surface area contributed by atoms with Crippen molar-refractivity contribution in [2.45, 2.75) is 0 Å². The summed E-state index contributed by atoms with van der Waals surface area (Å²) in [5.41, 5.74) is 0.961. The molecular formula is C9H5N5OS. The van der Waals surface area contributed by atoms with E-state index in [1.807, 2.05) is 6.07 Å². The highest BCUT2D eigenvalue weighted by atomic mass is 32.1. The van der Waals surface area contributed by atoms with Crippen LogP contribution in [0.4, 0.5) is 5.13 Å². The molecule has 2 aromatic rings. The minimum Gasteiger partial charge on any atom is -0.295 e. The van der Waals surface area contributed by atoms with Crippen molar-refractivity contribution in [3.05, 3.63) is 35.4 Å². The number of rotatable bonds is 2. The molecule has 0 aliphatic rings. The second-order valence-corrected chi connectivity index (χ2v) is 3.54. The molecule has 0 aliphatic carbocycles. The third kappa shape index (κ3) is 2.18. The van der Waals surface area contributed by atoms with Gasteiger partial charge in [0, 0.05) is 17.1 Å². The van der Waals surface area contributed by atoms with Crippen molar-refractivity contribution in [2.24, 2.45) is 0 Å². The topological polar surface area (TPSA) is 91.6 Å². The fraction of sp³-hybridized carbons (Fsp3) is 0. The number of anilines is 1. The van der Waals surface area contributed by atoms with E-state index in [0.29, 0.717) is 16.3 Å². The molecule has 0 saturated heterocycles. The van der Waals surface area contributed by atoms with Crippen LogP contribution in [0.2, 0.25) is 0 Å². The molecule has 1 heterocycles. The maximum Gasteiger partial charge on any atom is 0.257 e. The summed E-state index contributed by atoms with van der Waals surface area (Å²) in [5, 5.41) is 18.4. The van der Waals surface area contributed by atoms with Crippen LogP contribution in [-0.4, -0.2) is 20.7 Å². The van der Waals surface area contributed by atoms with Gasteiger partial charge in [0.1, 0.15) is 0 Å².